The molecule has 2 bridgehead atoms. The average molecular weight is 650 g/mol. The lowest BCUT2D eigenvalue weighted by Crippen LogP contribution is -2.51. The summed E-state index contributed by atoms with van der Waals surface area (Å²) in [6.07, 6.45) is 5.36. The van der Waals surface area contributed by atoms with E-state index in [-0.39, 0.29) is 54.2 Å². The number of nitrogens with zero attached hydrogens (tertiary/aromatic N) is 5. The number of hydrogen-bond donors (Lipinski definition) is 1. The van der Waals surface area contributed by atoms with E-state index in [0.717, 1.165) is 56.1 Å². The maximum absolute atomic E-state index is 16.6. The van der Waals surface area contributed by atoms with Crippen LogP contribution in [0, 0.1) is 5.82 Å². The minimum atomic E-state index is -0.859. The molecule has 43 heavy (non-hydrogen) atoms. The van der Waals surface area contributed by atoms with E-state index in [0.29, 0.717) is 46.8 Å². The van der Waals surface area contributed by atoms with E-state index < -0.39 is 12.0 Å². The quantitative estimate of drug-likeness (QED) is 0.269. The zero-order chi connectivity index (χ0) is 27.7. The van der Waals surface area contributed by atoms with E-state index in [2.05, 4.69) is 25.1 Å². The minimum absolute atomic E-state index is 0. The van der Waals surface area contributed by atoms with Gasteiger partial charge in [0.05, 0.1) is 10.9 Å². The van der Waals surface area contributed by atoms with Crippen LogP contribution in [-0.4, -0.2) is 76.4 Å². The molecule has 1 N–H and O–H groups in total. The molecule has 0 aliphatic carbocycles. The predicted octanol–water partition coefficient (Wildman–Crippen LogP) is 6.38. The maximum atomic E-state index is 16.6. The minimum Gasteiger partial charge on any atom is -0.461 e. The van der Waals surface area contributed by atoms with Gasteiger partial charge in [0, 0.05) is 60.3 Å². The molecule has 12 heteroatoms. The molecule has 4 aromatic rings. The van der Waals surface area contributed by atoms with Crippen molar-refractivity contribution in [3.63, 3.8) is 0 Å². The molecule has 228 valence electrons. The molecule has 4 saturated heterocycles. The Balaban J connectivity index is 0.00000165. The first kappa shape index (κ1) is 30.5. The first-order valence-electron chi connectivity index (χ1n) is 14.5. The number of anilines is 1. The van der Waals surface area contributed by atoms with E-state index in [4.69, 9.17) is 21.3 Å². The van der Waals surface area contributed by atoms with E-state index >= 15 is 4.39 Å². The van der Waals surface area contributed by atoms with Gasteiger partial charge in [-0.1, -0.05) is 41.9 Å². The molecule has 6 heterocycles. The van der Waals surface area contributed by atoms with Crippen molar-refractivity contribution in [2.45, 2.75) is 55.9 Å². The van der Waals surface area contributed by atoms with Crippen molar-refractivity contribution >= 4 is 63.9 Å². The molecular weight excluding hydrogens is 617 g/mol. The number of fused-ring (bicyclic) bond motifs is 5. The van der Waals surface area contributed by atoms with Crippen LogP contribution < -0.4 is 15.0 Å². The molecule has 2 aromatic carbocycles. The number of nitrogens with one attached hydrogen (secondary N) is 1. The highest BCUT2D eigenvalue weighted by Crippen LogP contribution is 2.41. The van der Waals surface area contributed by atoms with Crippen molar-refractivity contribution in [2.75, 3.05) is 37.7 Å². The van der Waals surface area contributed by atoms with Gasteiger partial charge in [0.2, 0.25) is 0 Å². The highest BCUT2D eigenvalue weighted by atomic mass is 35.5. The second-order valence-electron chi connectivity index (χ2n) is 12.1. The number of ether oxygens (including phenoxy) is 1. The van der Waals surface area contributed by atoms with Gasteiger partial charge in [-0.05, 0) is 43.7 Å². The van der Waals surface area contributed by atoms with Crippen molar-refractivity contribution in [1.29, 1.82) is 0 Å². The monoisotopic (exact) mass is 648 g/mol. The van der Waals surface area contributed by atoms with Crippen LogP contribution in [0.25, 0.3) is 32.9 Å². The lowest BCUT2D eigenvalue weighted by atomic mass is 9.95. The molecular formula is C31H33Cl3F2N6O. The third kappa shape index (κ3) is 5.17. The Morgan fingerprint density at radius 2 is 1.81 bits per heavy atom. The Bertz CT molecular complexity index is 1660. The topological polar surface area (TPSA) is 66.4 Å². The smallest absolute Gasteiger partial charge is 0.319 e. The summed E-state index contributed by atoms with van der Waals surface area (Å²) in [6, 6.07) is 12.1. The summed E-state index contributed by atoms with van der Waals surface area (Å²) in [4.78, 5) is 18.5. The zero-order valence-electron chi connectivity index (χ0n) is 23.4. The van der Waals surface area contributed by atoms with Crippen molar-refractivity contribution in [1.82, 2.24) is 25.2 Å². The number of rotatable bonds is 5. The summed E-state index contributed by atoms with van der Waals surface area (Å²) in [6.45, 7) is 3.13. The third-order valence-electron chi connectivity index (χ3n) is 9.50. The summed E-state index contributed by atoms with van der Waals surface area (Å²) in [5.41, 5.74) is 0.605. The number of piperazine rings is 1. The standard InChI is InChI=1S/C31H31ClF2N6O.2ClH/c32-24-7-2-5-18-4-1-6-22(25(18)24)27-26(34)28-23(13-35-27)29(39-15-20-8-9-21(16-39)36-20)38-30(37-28)41-17-31-10-3-11-40(31)14-19(33)12-31;;/h1-2,4-7,13,19-21,36H,3,8-12,14-17H2;2*1H/t19?,20-,21+,31?;;. The second-order valence-corrected chi connectivity index (χ2v) is 12.5. The summed E-state index contributed by atoms with van der Waals surface area (Å²) in [7, 11) is 0. The molecule has 0 radical (unpaired) electrons. The Labute approximate surface area is 266 Å². The highest BCUT2D eigenvalue weighted by molar-refractivity contribution is 6.36. The summed E-state index contributed by atoms with van der Waals surface area (Å²) in [5.74, 6) is 0.0970. The van der Waals surface area contributed by atoms with Crippen molar-refractivity contribution in [2.24, 2.45) is 0 Å². The number of benzene rings is 2. The number of alkyl halides is 1. The van der Waals surface area contributed by atoms with Crippen molar-refractivity contribution in [3.8, 4) is 17.3 Å². The summed E-state index contributed by atoms with van der Waals surface area (Å²) >= 11 is 6.59. The van der Waals surface area contributed by atoms with Gasteiger partial charge in [-0.3, -0.25) is 9.88 Å². The van der Waals surface area contributed by atoms with Gasteiger partial charge in [-0.25, -0.2) is 8.78 Å². The number of pyridine rings is 1. The fraction of sp³-hybridized carbons (Fsp3) is 0.452. The molecule has 2 aromatic heterocycles. The Morgan fingerprint density at radius 1 is 1.05 bits per heavy atom. The van der Waals surface area contributed by atoms with Crippen LogP contribution in [0.4, 0.5) is 14.6 Å². The average Bonchev–Trinajstić information content (AvgIpc) is 3.62. The zero-order valence-corrected chi connectivity index (χ0v) is 25.8. The summed E-state index contributed by atoms with van der Waals surface area (Å²) < 4.78 is 37.2. The molecule has 4 atom stereocenters. The van der Waals surface area contributed by atoms with Gasteiger partial charge in [-0.15, -0.1) is 24.8 Å². The van der Waals surface area contributed by atoms with Crippen molar-refractivity contribution < 1.29 is 13.5 Å². The molecule has 8 rings (SSSR count). The van der Waals surface area contributed by atoms with Crippen LogP contribution in [-0.2, 0) is 0 Å². The van der Waals surface area contributed by atoms with E-state index in [1.165, 1.54) is 0 Å². The number of hydrogen-bond acceptors (Lipinski definition) is 7. The molecule has 0 saturated carbocycles. The van der Waals surface area contributed by atoms with E-state index in [1.54, 1.807) is 12.3 Å². The molecule has 7 nitrogen and oxygen atoms in total. The largest absolute Gasteiger partial charge is 0.461 e. The molecule has 4 aliphatic rings. The predicted molar refractivity (Wildman–Crippen MR) is 170 cm³/mol. The van der Waals surface area contributed by atoms with Gasteiger partial charge < -0.3 is 15.0 Å². The third-order valence-corrected chi connectivity index (χ3v) is 9.81. The molecule has 4 fully saturated rings. The van der Waals surface area contributed by atoms with Crippen LogP contribution in [0.5, 0.6) is 6.01 Å². The molecule has 4 aliphatic heterocycles. The first-order valence-corrected chi connectivity index (χ1v) is 14.9. The first-order chi connectivity index (χ1) is 20.0. The van der Waals surface area contributed by atoms with Crippen LogP contribution in [0.2, 0.25) is 5.02 Å². The summed E-state index contributed by atoms with van der Waals surface area (Å²) in [5, 5.41) is 6.38. The molecule has 2 unspecified atom stereocenters. The lowest BCUT2D eigenvalue weighted by molar-refractivity contribution is 0.107. The lowest BCUT2D eigenvalue weighted by Gasteiger charge is -2.34. The van der Waals surface area contributed by atoms with Gasteiger partial charge >= 0.3 is 6.01 Å². The molecule has 0 spiro atoms. The Morgan fingerprint density at radius 3 is 2.60 bits per heavy atom. The normalized spacial score (nSPS) is 26.4. The van der Waals surface area contributed by atoms with Crippen LogP contribution in [0.15, 0.2) is 42.6 Å². The van der Waals surface area contributed by atoms with Crippen molar-refractivity contribution in [3.05, 3.63) is 53.4 Å². The second kappa shape index (κ2) is 11.7. The van der Waals surface area contributed by atoms with Gasteiger partial charge in [0.1, 0.15) is 29.8 Å². The number of aromatic nitrogens is 3. The van der Waals surface area contributed by atoms with E-state index in [1.807, 2.05) is 30.3 Å². The van der Waals surface area contributed by atoms with Crippen LogP contribution >= 0.6 is 36.4 Å². The van der Waals surface area contributed by atoms with Gasteiger partial charge in [-0.2, -0.15) is 9.97 Å². The maximum Gasteiger partial charge on any atom is 0.319 e. The SMILES string of the molecule is Cl.Cl.Fc1c(-c2cccc3cccc(Cl)c23)ncc2c(N3C[C@H]4CC[C@@H](C3)N4)nc(OCC34CCCN3CC(F)C4)nc12. The Kier molecular flexibility index (Phi) is 8.32. The van der Waals surface area contributed by atoms with E-state index in [9.17, 15) is 4.39 Å². The van der Waals surface area contributed by atoms with Crippen LogP contribution in [0.3, 0.4) is 0 Å². The highest BCUT2D eigenvalue weighted by Gasteiger charge is 2.49. The molecule has 0 amide bonds. The Hall–Kier alpha value is -2.56. The fourth-order valence-corrected chi connectivity index (χ4v) is 7.91. The van der Waals surface area contributed by atoms with Gasteiger partial charge in [0.15, 0.2) is 5.82 Å². The van der Waals surface area contributed by atoms with Crippen LogP contribution in [0.1, 0.15) is 32.1 Å². The number of halogens is 5. The fourth-order valence-electron chi connectivity index (χ4n) is 7.63. The van der Waals surface area contributed by atoms with Gasteiger partial charge in [0.25, 0.3) is 0 Å².